The Labute approximate surface area is 202 Å². The molecule has 1 fully saturated rings. The number of nitroso groups, excluding NO2 is 1. The van der Waals surface area contributed by atoms with Crippen LogP contribution >= 0.6 is 0 Å². The van der Waals surface area contributed by atoms with E-state index in [9.17, 15) is 14.5 Å². The monoisotopic (exact) mass is 467 g/mol. The Balaban J connectivity index is 1.68. The molecule has 2 N–H and O–H groups in total. The van der Waals surface area contributed by atoms with Gasteiger partial charge in [0, 0.05) is 54.3 Å². The summed E-state index contributed by atoms with van der Waals surface area (Å²) in [5.74, 6) is -0.733. The van der Waals surface area contributed by atoms with Crippen LogP contribution in [0.3, 0.4) is 0 Å². The Hall–Kier alpha value is -4.30. The van der Waals surface area contributed by atoms with Crippen LogP contribution in [0, 0.1) is 11.8 Å². The number of aromatic nitrogens is 1. The lowest BCUT2D eigenvalue weighted by Crippen LogP contribution is -2.43. The van der Waals surface area contributed by atoms with E-state index in [0.717, 1.165) is 64.8 Å². The van der Waals surface area contributed by atoms with Crippen LogP contribution in [-0.4, -0.2) is 42.6 Å². The average molecular weight is 468 g/mol. The summed E-state index contributed by atoms with van der Waals surface area (Å²) in [6.45, 7) is 5.65. The second-order valence-corrected chi connectivity index (χ2v) is 8.62. The molecule has 0 radical (unpaired) electrons. The number of carbonyl (C=O) groups is 2. The van der Waals surface area contributed by atoms with Crippen molar-refractivity contribution in [3.05, 3.63) is 88.3 Å². The molecule has 1 aliphatic heterocycles. The van der Waals surface area contributed by atoms with Crippen molar-refractivity contribution in [2.45, 2.75) is 6.92 Å². The van der Waals surface area contributed by atoms with E-state index in [2.05, 4.69) is 33.7 Å². The number of amides is 1. The van der Waals surface area contributed by atoms with E-state index in [0.29, 0.717) is 5.56 Å². The highest BCUT2D eigenvalue weighted by atomic mass is 16.3. The quantitative estimate of drug-likeness (QED) is 0.263. The molecule has 0 atom stereocenters. The number of piperazine rings is 1. The van der Waals surface area contributed by atoms with Crippen molar-refractivity contribution in [3.63, 3.8) is 0 Å². The third-order valence-electron chi connectivity index (χ3n) is 6.34. The molecule has 1 aliphatic rings. The molecule has 1 aromatic heterocycles. The van der Waals surface area contributed by atoms with Crippen molar-refractivity contribution >= 4 is 45.4 Å². The number of anilines is 1. The van der Waals surface area contributed by atoms with Gasteiger partial charge in [0.05, 0.1) is 16.3 Å². The number of rotatable bonds is 5. The Morgan fingerprint density at radius 1 is 0.943 bits per heavy atom. The third-order valence-corrected chi connectivity index (χ3v) is 6.34. The molecule has 0 aliphatic carbocycles. The Morgan fingerprint density at radius 2 is 1.63 bits per heavy atom. The van der Waals surface area contributed by atoms with Crippen molar-refractivity contribution in [2.24, 2.45) is 5.29 Å². The summed E-state index contributed by atoms with van der Waals surface area (Å²) in [6, 6.07) is 19.5. The molecule has 8 heteroatoms. The van der Waals surface area contributed by atoms with Crippen molar-refractivity contribution in [2.75, 3.05) is 31.1 Å². The second-order valence-electron chi connectivity index (χ2n) is 8.62. The summed E-state index contributed by atoms with van der Waals surface area (Å²) in [5, 5.41) is 7.70. The van der Waals surface area contributed by atoms with Crippen molar-refractivity contribution in [3.8, 4) is 0 Å². The molecule has 0 unspecified atom stereocenters. The highest BCUT2D eigenvalue weighted by Gasteiger charge is 2.20. The Morgan fingerprint density at radius 3 is 2.34 bits per heavy atom. The normalized spacial score (nSPS) is 14.0. The van der Waals surface area contributed by atoms with Crippen LogP contribution in [-0.2, 0) is 4.79 Å². The number of carbonyl (C=O) groups excluding carboxylic acids is 2. The smallest absolute Gasteiger partial charge is 0.266 e. The predicted octanol–water partition coefficient (Wildman–Crippen LogP) is 4.01. The van der Waals surface area contributed by atoms with Crippen LogP contribution in [0.1, 0.15) is 21.5 Å². The van der Waals surface area contributed by atoms with Gasteiger partial charge in [0.1, 0.15) is 0 Å². The Kier molecular flexibility index (Phi) is 6.12. The highest BCUT2D eigenvalue weighted by molar-refractivity contribution is 6.17. The van der Waals surface area contributed by atoms with E-state index in [1.54, 1.807) is 10.6 Å². The largest absolute Gasteiger partial charge is 0.369 e. The van der Waals surface area contributed by atoms with Gasteiger partial charge >= 0.3 is 0 Å². The molecule has 3 aromatic carbocycles. The van der Waals surface area contributed by atoms with E-state index in [1.165, 1.54) is 6.08 Å². The van der Waals surface area contributed by atoms with Gasteiger partial charge in [0.15, 0.2) is 0 Å². The second kappa shape index (κ2) is 9.52. The first kappa shape index (κ1) is 22.5. The lowest BCUT2D eigenvalue weighted by molar-refractivity contribution is -0.116. The van der Waals surface area contributed by atoms with E-state index < -0.39 is 5.91 Å². The molecule has 1 amide bonds. The van der Waals surface area contributed by atoms with Crippen LogP contribution in [0.2, 0.25) is 0 Å². The van der Waals surface area contributed by atoms with Gasteiger partial charge in [-0.1, -0.05) is 35.9 Å². The molecule has 8 nitrogen and oxygen atoms in total. The zero-order valence-electron chi connectivity index (χ0n) is 19.3. The highest BCUT2D eigenvalue weighted by Crippen LogP contribution is 2.33. The molecule has 0 saturated carbocycles. The summed E-state index contributed by atoms with van der Waals surface area (Å²) in [6.07, 6.45) is 2.82. The van der Waals surface area contributed by atoms with Crippen LogP contribution in [0.5, 0.6) is 0 Å². The van der Waals surface area contributed by atoms with Crippen LogP contribution < -0.4 is 15.6 Å². The molecule has 4 aromatic rings. The molecule has 2 heterocycles. The minimum Gasteiger partial charge on any atom is -0.369 e. The lowest BCUT2D eigenvalue weighted by atomic mass is 10.1. The van der Waals surface area contributed by atoms with E-state index in [1.807, 2.05) is 54.8 Å². The first-order valence-corrected chi connectivity index (χ1v) is 11.5. The topological polar surface area (TPSA) is 95.8 Å². The maximum Gasteiger partial charge on any atom is 0.266 e. The van der Waals surface area contributed by atoms with Gasteiger partial charge in [-0.3, -0.25) is 14.2 Å². The number of aryl methyl sites for hydroxylation is 1. The van der Waals surface area contributed by atoms with Gasteiger partial charge in [-0.05, 0) is 48.9 Å². The molecular weight excluding hydrogens is 442 g/mol. The average Bonchev–Trinajstić information content (AvgIpc) is 3.21. The molecule has 1 saturated heterocycles. The molecule has 0 bridgehead atoms. The van der Waals surface area contributed by atoms with Crippen molar-refractivity contribution in [1.82, 2.24) is 15.3 Å². The maximum absolute atomic E-state index is 13.8. The zero-order valence-corrected chi connectivity index (χ0v) is 19.3. The fourth-order valence-electron chi connectivity index (χ4n) is 4.55. The number of hydrogen-bond acceptors (Lipinski definition) is 6. The summed E-state index contributed by atoms with van der Waals surface area (Å²) in [5.41, 5.74) is 6.92. The summed E-state index contributed by atoms with van der Waals surface area (Å²) < 4.78 is 1.76. The van der Waals surface area contributed by atoms with E-state index >= 15 is 0 Å². The number of benzene rings is 3. The summed E-state index contributed by atoms with van der Waals surface area (Å²) >= 11 is 0. The van der Waals surface area contributed by atoms with Crippen LogP contribution in [0.25, 0.3) is 27.9 Å². The molecule has 176 valence electrons. The minimum atomic E-state index is -0.614. The molecule has 5 rings (SSSR count). The number of nitrogens with zero attached hydrogens (tertiary/aromatic N) is 3. The van der Waals surface area contributed by atoms with Crippen molar-refractivity contribution in [1.29, 1.82) is 0 Å². The zero-order chi connectivity index (χ0) is 24.4. The van der Waals surface area contributed by atoms with Gasteiger partial charge in [-0.15, -0.1) is 4.91 Å². The summed E-state index contributed by atoms with van der Waals surface area (Å²) in [4.78, 5) is 38.0. The molecular formula is C27H25N5O3. The number of hydrogen-bond donors (Lipinski definition) is 2. The first-order chi connectivity index (χ1) is 17.0. The minimum absolute atomic E-state index is 0.119. The summed E-state index contributed by atoms with van der Waals surface area (Å²) in [7, 11) is 0. The predicted molar refractivity (Wildman–Crippen MR) is 138 cm³/mol. The van der Waals surface area contributed by atoms with E-state index in [-0.39, 0.29) is 5.91 Å². The van der Waals surface area contributed by atoms with Gasteiger partial charge in [0.25, 0.3) is 11.8 Å². The maximum atomic E-state index is 13.8. The fourth-order valence-corrected chi connectivity index (χ4v) is 4.55. The fraction of sp³-hybridized carbons (Fsp3) is 0.185. The molecule has 35 heavy (non-hydrogen) atoms. The van der Waals surface area contributed by atoms with Gasteiger partial charge in [-0.2, -0.15) is 0 Å². The van der Waals surface area contributed by atoms with Gasteiger partial charge in [0.2, 0.25) is 0 Å². The van der Waals surface area contributed by atoms with Crippen LogP contribution in [0.15, 0.2) is 72.0 Å². The van der Waals surface area contributed by atoms with Crippen LogP contribution in [0.4, 0.5) is 5.69 Å². The van der Waals surface area contributed by atoms with Gasteiger partial charge in [-0.25, -0.2) is 5.43 Å². The Bertz CT molecular complexity index is 1460. The number of fused-ring (bicyclic) bond motifs is 3. The lowest BCUT2D eigenvalue weighted by Gasteiger charge is -2.29. The van der Waals surface area contributed by atoms with E-state index in [4.69, 9.17) is 0 Å². The van der Waals surface area contributed by atoms with Gasteiger partial charge < -0.3 is 10.2 Å². The third kappa shape index (κ3) is 4.43. The standard InChI is InChI=1S/C27H25N5O3/c1-18-2-6-20(7-3-18)27(34)32-24-16-19(5-11-26(33)29-30-35)4-9-22(24)23-10-8-21(17-25(23)32)31-14-12-28-13-15-31/h2-11,16-17,28H,12-15H2,1H3,(H,29,33,35)/b11-5+. The SMILES string of the molecule is Cc1ccc(C(=O)n2c3cc(/C=C/C(=O)NN=O)ccc3c3ccc(N4CCNCC4)cc32)cc1. The number of nitrogens with one attached hydrogen (secondary N) is 2. The molecule has 0 spiro atoms. The first-order valence-electron chi connectivity index (χ1n) is 11.5. The van der Waals surface area contributed by atoms with Crippen molar-refractivity contribution < 1.29 is 9.59 Å².